The topological polar surface area (TPSA) is 122 Å². The second kappa shape index (κ2) is 7.72. The lowest BCUT2D eigenvalue weighted by Crippen LogP contribution is -2.50. The van der Waals surface area contributed by atoms with Crippen molar-refractivity contribution in [3.8, 4) is 0 Å². The van der Waals surface area contributed by atoms with Gasteiger partial charge in [0, 0.05) is 42.2 Å². The van der Waals surface area contributed by atoms with E-state index in [0.29, 0.717) is 30.8 Å². The van der Waals surface area contributed by atoms with Gasteiger partial charge < -0.3 is 16.4 Å². The second-order valence-electron chi connectivity index (χ2n) is 7.94. The molecule has 1 aliphatic carbocycles. The van der Waals surface area contributed by atoms with E-state index in [4.69, 9.17) is 28.5 Å². The highest BCUT2D eigenvalue weighted by atomic mass is 35.5. The molecule has 1 aromatic carbocycles. The summed E-state index contributed by atoms with van der Waals surface area (Å²) in [5.74, 6) is -0.0413. The first-order valence-corrected chi connectivity index (χ1v) is 10.3. The Morgan fingerprint density at radius 2 is 2.10 bits per heavy atom. The zero-order chi connectivity index (χ0) is 20.6. The fourth-order valence-corrected chi connectivity index (χ4v) is 4.83. The van der Waals surface area contributed by atoms with Crippen LogP contribution in [0.2, 0.25) is 5.02 Å². The molecule has 0 saturated heterocycles. The summed E-state index contributed by atoms with van der Waals surface area (Å²) in [5.41, 5.74) is 14.0. The summed E-state index contributed by atoms with van der Waals surface area (Å²) in [6.45, 7) is 1.19. The molecule has 1 saturated carbocycles. The Labute approximate surface area is 175 Å². The number of carbonyl (C=O) groups excluding carboxylic acids is 1. The molecule has 8 heteroatoms. The van der Waals surface area contributed by atoms with Gasteiger partial charge in [-0.1, -0.05) is 23.7 Å². The van der Waals surface area contributed by atoms with Crippen LogP contribution in [0.25, 0.3) is 0 Å². The number of amides is 1. The van der Waals surface area contributed by atoms with Crippen molar-refractivity contribution in [3.63, 3.8) is 0 Å². The van der Waals surface area contributed by atoms with E-state index in [1.54, 1.807) is 0 Å². The van der Waals surface area contributed by atoms with Crippen LogP contribution in [0.3, 0.4) is 0 Å². The van der Waals surface area contributed by atoms with Crippen LogP contribution in [0.5, 0.6) is 0 Å². The van der Waals surface area contributed by atoms with E-state index >= 15 is 0 Å². The fourth-order valence-electron chi connectivity index (χ4n) is 4.64. The summed E-state index contributed by atoms with van der Waals surface area (Å²) in [6.07, 6.45) is 5.80. The summed E-state index contributed by atoms with van der Waals surface area (Å²) in [4.78, 5) is 23.4. The van der Waals surface area contributed by atoms with E-state index < -0.39 is 0 Å². The minimum Gasteiger partial charge on any atom is -0.381 e. The maximum absolute atomic E-state index is 13.1. The number of rotatable bonds is 4. The Morgan fingerprint density at radius 3 is 2.76 bits per heavy atom. The highest BCUT2D eigenvalue weighted by Crippen LogP contribution is 2.41. The van der Waals surface area contributed by atoms with Crippen LogP contribution in [0.15, 0.2) is 30.5 Å². The lowest BCUT2D eigenvalue weighted by atomic mass is 9.68. The van der Waals surface area contributed by atoms with Gasteiger partial charge in [-0.15, -0.1) is 0 Å². The standard InChI is InChI=1S/C21H25ClN6O/c22-14-3-1-2-13(10-14)21(12-23)7-4-15(5-8-21)28-9-6-17-16(20(28)29)11-26-19(27-17)18(24)25/h1-3,10-11,15H,4-9,12,23H2,(H3,24,25). The third-order valence-electron chi connectivity index (χ3n) is 6.37. The van der Waals surface area contributed by atoms with Gasteiger partial charge in [0.1, 0.15) is 0 Å². The zero-order valence-corrected chi connectivity index (χ0v) is 17.0. The molecule has 152 valence electrons. The minimum absolute atomic E-state index is 0.0330. The van der Waals surface area contributed by atoms with E-state index in [1.165, 1.54) is 11.8 Å². The fraction of sp³-hybridized carbons (Fsp3) is 0.429. The molecule has 0 bridgehead atoms. The molecule has 2 aliphatic rings. The van der Waals surface area contributed by atoms with Gasteiger partial charge in [-0.3, -0.25) is 10.2 Å². The van der Waals surface area contributed by atoms with Gasteiger partial charge in [0.15, 0.2) is 11.7 Å². The number of fused-ring (bicyclic) bond motifs is 1. The molecule has 29 heavy (non-hydrogen) atoms. The van der Waals surface area contributed by atoms with Crippen molar-refractivity contribution in [1.29, 1.82) is 5.41 Å². The van der Waals surface area contributed by atoms with Crippen molar-refractivity contribution >= 4 is 23.3 Å². The van der Waals surface area contributed by atoms with Crippen molar-refractivity contribution in [2.24, 2.45) is 11.5 Å². The summed E-state index contributed by atoms with van der Waals surface area (Å²) in [6, 6.07) is 8.15. The molecule has 0 atom stereocenters. The third-order valence-corrected chi connectivity index (χ3v) is 6.61. The number of hydrogen-bond acceptors (Lipinski definition) is 5. The molecule has 2 heterocycles. The Kier molecular flexibility index (Phi) is 5.27. The minimum atomic E-state index is -0.186. The van der Waals surface area contributed by atoms with Crippen LogP contribution < -0.4 is 11.5 Å². The number of nitrogens with zero attached hydrogens (tertiary/aromatic N) is 3. The summed E-state index contributed by atoms with van der Waals surface area (Å²) < 4.78 is 0. The molecule has 5 N–H and O–H groups in total. The van der Waals surface area contributed by atoms with E-state index in [-0.39, 0.29) is 29.0 Å². The largest absolute Gasteiger partial charge is 0.381 e. The van der Waals surface area contributed by atoms with Gasteiger partial charge in [0.05, 0.1) is 11.3 Å². The van der Waals surface area contributed by atoms with E-state index in [0.717, 1.165) is 30.7 Å². The number of nitrogens with one attached hydrogen (secondary N) is 1. The maximum Gasteiger partial charge on any atom is 0.257 e. The van der Waals surface area contributed by atoms with Crippen molar-refractivity contribution in [2.45, 2.75) is 43.6 Å². The molecule has 1 amide bonds. The SMILES string of the molecule is N=C(N)c1ncc2c(n1)CCN(C1CCC(CN)(c3cccc(Cl)c3)CC1)C2=O. The van der Waals surface area contributed by atoms with Crippen molar-refractivity contribution in [3.05, 3.63) is 58.1 Å². The van der Waals surface area contributed by atoms with E-state index in [9.17, 15) is 4.79 Å². The average molecular weight is 413 g/mol. The molecular formula is C21H25ClN6O. The molecule has 0 unspecified atom stereocenters. The molecule has 4 rings (SSSR count). The van der Waals surface area contributed by atoms with Crippen LogP contribution in [-0.4, -0.2) is 45.7 Å². The number of aromatic nitrogens is 2. The molecule has 0 spiro atoms. The first-order valence-electron chi connectivity index (χ1n) is 9.91. The number of halogens is 1. The lowest BCUT2D eigenvalue weighted by Gasteiger charge is -2.44. The van der Waals surface area contributed by atoms with Crippen molar-refractivity contribution in [1.82, 2.24) is 14.9 Å². The highest BCUT2D eigenvalue weighted by molar-refractivity contribution is 6.30. The van der Waals surface area contributed by atoms with Crippen LogP contribution in [0.4, 0.5) is 0 Å². The van der Waals surface area contributed by atoms with Crippen molar-refractivity contribution < 1.29 is 4.79 Å². The smallest absolute Gasteiger partial charge is 0.257 e. The quantitative estimate of drug-likeness (QED) is 0.525. The monoisotopic (exact) mass is 412 g/mol. The van der Waals surface area contributed by atoms with Gasteiger partial charge >= 0.3 is 0 Å². The second-order valence-corrected chi connectivity index (χ2v) is 8.38. The van der Waals surface area contributed by atoms with E-state index in [1.807, 2.05) is 23.1 Å². The molecule has 0 radical (unpaired) electrons. The maximum atomic E-state index is 13.1. The Morgan fingerprint density at radius 1 is 1.34 bits per heavy atom. The van der Waals surface area contributed by atoms with Gasteiger partial charge in [-0.25, -0.2) is 9.97 Å². The van der Waals surface area contributed by atoms with Gasteiger partial charge in [-0.2, -0.15) is 0 Å². The first-order chi connectivity index (χ1) is 13.9. The number of carbonyl (C=O) groups is 1. The lowest BCUT2D eigenvalue weighted by molar-refractivity contribution is 0.0572. The Hall–Kier alpha value is -2.51. The van der Waals surface area contributed by atoms with Crippen molar-refractivity contribution in [2.75, 3.05) is 13.1 Å². The number of nitrogen functional groups attached to an aromatic ring is 1. The molecular weight excluding hydrogens is 388 g/mol. The predicted molar refractivity (Wildman–Crippen MR) is 112 cm³/mol. The predicted octanol–water partition coefficient (Wildman–Crippen LogP) is 2.25. The van der Waals surface area contributed by atoms with Crippen LogP contribution in [0.1, 0.15) is 53.1 Å². The number of amidine groups is 1. The summed E-state index contributed by atoms with van der Waals surface area (Å²) in [7, 11) is 0. The Balaban J connectivity index is 1.50. The van der Waals surface area contributed by atoms with Gasteiger partial charge in [-0.05, 0) is 43.4 Å². The zero-order valence-electron chi connectivity index (χ0n) is 16.2. The number of nitrogens with two attached hydrogens (primary N) is 2. The van der Waals surface area contributed by atoms with E-state index in [2.05, 4.69) is 16.0 Å². The molecule has 1 fully saturated rings. The molecule has 1 aliphatic heterocycles. The molecule has 1 aromatic heterocycles. The third kappa shape index (κ3) is 3.60. The highest BCUT2D eigenvalue weighted by Gasteiger charge is 2.40. The van der Waals surface area contributed by atoms with Crippen LogP contribution in [-0.2, 0) is 11.8 Å². The van der Waals surface area contributed by atoms with Gasteiger partial charge in [0.25, 0.3) is 5.91 Å². The van der Waals surface area contributed by atoms with Crippen LogP contribution in [0, 0.1) is 5.41 Å². The normalized spacial score (nSPS) is 24.3. The average Bonchev–Trinajstić information content (AvgIpc) is 2.74. The van der Waals surface area contributed by atoms with Crippen LogP contribution >= 0.6 is 11.6 Å². The molecule has 2 aromatic rings. The summed E-state index contributed by atoms with van der Waals surface area (Å²) >= 11 is 6.20. The first kappa shape index (κ1) is 19.8. The Bertz CT molecular complexity index is 954. The van der Waals surface area contributed by atoms with Gasteiger partial charge in [0.2, 0.25) is 0 Å². The molecule has 7 nitrogen and oxygen atoms in total. The number of hydrogen-bond donors (Lipinski definition) is 3. The summed E-state index contributed by atoms with van der Waals surface area (Å²) in [5, 5.41) is 8.21. The number of benzene rings is 1.